The van der Waals surface area contributed by atoms with Crippen LogP contribution in [0.15, 0.2) is 237 Å². The summed E-state index contributed by atoms with van der Waals surface area (Å²) in [4.78, 5) is 2.33. The van der Waals surface area contributed by atoms with Crippen LogP contribution >= 0.6 is 0 Å². The Balaban J connectivity index is 1.02. The zero-order valence-corrected chi connectivity index (χ0v) is 31.5. The lowest BCUT2D eigenvalue weighted by Crippen LogP contribution is -2.09. The van der Waals surface area contributed by atoms with Crippen molar-refractivity contribution in [2.24, 2.45) is 0 Å². The van der Waals surface area contributed by atoms with Crippen molar-refractivity contribution in [1.29, 1.82) is 0 Å². The zero-order chi connectivity index (χ0) is 38.0. The van der Waals surface area contributed by atoms with Crippen LogP contribution in [0.2, 0.25) is 0 Å². The van der Waals surface area contributed by atoms with Gasteiger partial charge in [-0.2, -0.15) is 0 Å². The van der Waals surface area contributed by atoms with Gasteiger partial charge in [-0.1, -0.05) is 194 Å². The van der Waals surface area contributed by atoms with Crippen molar-refractivity contribution < 1.29 is 0 Å². The number of rotatable bonds is 8. The molecule has 0 atom stereocenters. The lowest BCUT2D eigenvalue weighted by Gasteiger charge is -2.26. The number of hydrogen-bond acceptors (Lipinski definition) is 1. The third-order valence-electron chi connectivity index (χ3n) is 11.1. The van der Waals surface area contributed by atoms with Crippen LogP contribution in [-0.4, -0.2) is 0 Å². The normalized spacial score (nSPS) is 11.2. The van der Waals surface area contributed by atoms with Crippen molar-refractivity contribution in [3.05, 3.63) is 237 Å². The van der Waals surface area contributed by atoms with Gasteiger partial charge < -0.3 is 4.90 Å². The van der Waals surface area contributed by atoms with E-state index in [1.807, 2.05) is 0 Å². The summed E-state index contributed by atoms with van der Waals surface area (Å²) in [5, 5.41) is 5.03. The zero-order valence-electron chi connectivity index (χ0n) is 31.5. The van der Waals surface area contributed by atoms with Crippen LogP contribution in [0.1, 0.15) is 0 Å². The van der Waals surface area contributed by atoms with E-state index >= 15 is 0 Å². The molecule has 0 spiro atoms. The van der Waals surface area contributed by atoms with E-state index in [4.69, 9.17) is 0 Å². The van der Waals surface area contributed by atoms with Crippen molar-refractivity contribution in [3.8, 4) is 55.6 Å². The van der Waals surface area contributed by atoms with Crippen molar-refractivity contribution >= 4 is 38.6 Å². The molecular weight excluding hydrogens is 687 g/mol. The van der Waals surface area contributed by atoms with Crippen LogP contribution in [0.3, 0.4) is 0 Å². The molecule has 0 aliphatic rings. The van der Waals surface area contributed by atoms with E-state index in [9.17, 15) is 0 Å². The standard InChI is InChI=1S/C56H39N/c1-5-15-40(16-6-1)41-25-27-42(28-26-41)43-29-34-49(35-30-43)57(48-21-11-4-12-22-48)50-36-31-44(32-37-50)47-33-38-53-54(39-47)51-23-13-14-24-52(51)55(45-17-7-2-8-18-45)56(53)46-19-9-3-10-20-46/h1-39H. The molecule has 268 valence electrons. The first-order chi connectivity index (χ1) is 28.3. The van der Waals surface area contributed by atoms with E-state index in [-0.39, 0.29) is 0 Å². The summed E-state index contributed by atoms with van der Waals surface area (Å²) in [6.45, 7) is 0. The smallest absolute Gasteiger partial charge is 0.0462 e. The quantitative estimate of drug-likeness (QED) is 0.141. The predicted molar refractivity (Wildman–Crippen MR) is 243 cm³/mol. The van der Waals surface area contributed by atoms with Crippen LogP contribution in [-0.2, 0) is 0 Å². The Morgan fingerprint density at radius 2 is 0.509 bits per heavy atom. The third kappa shape index (κ3) is 6.56. The minimum Gasteiger partial charge on any atom is -0.311 e. The maximum Gasteiger partial charge on any atom is 0.0462 e. The highest BCUT2D eigenvalue weighted by Gasteiger charge is 2.19. The van der Waals surface area contributed by atoms with Crippen LogP contribution in [0, 0.1) is 0 Å². The van der Waals surface area contributed by atoms with Crippen molar-refractivity contribution in [2.45, 2.75) is 0 Å². The third-order valence-corrected chi connectivity index (χ3v) is 11.1. The summed E-state index contributed by atoms with van der Waals surface area (Å²) in [7, 11) is 0. The Labute approximate surface area is 334 Å². The Bertz CT molecular complexity index is 2940. The molecule has 0 heterocycles. The average molecular weight is 726 g/mol. The molecule has 0 unspecified atom stereocenters. The van der Waals surface area contributed by atoms with E-state index < -0.39 is 0 Å². The molecule has 0 radical (unpaired) electrons. The molecule has 0 aromatic heterocycles. The molecule has 10 rings (SSSR count). The van der Waals surface area contributed by atoms with Gasteiger partial charge in [0.15, 0.2) is 0 Å². The molecule has 0 amide bonds. The SMILES string of the molecule is c1ccc(-c2ccc(-c3ccc(N(c4ccccc4)c4ccc(-c5ccc6c(-c7ccccc7)c(-c7ccccc7)c7ccccc7c6c5)cc4)cc3)cc2)cc1. The monoisotopic (exact) mass is 725 g/mol. The molecule has 0 saturated carbocycles. The molecule has 0 saturated heterocycles. The number of benzene rings is 10. The Hall–Kier alpha value is -7.48. The van der Waals surface area contributed by atoms with E-state index in [2.05, 4.69) is 241 Å². The molecular formula is C56H39N. The molecule has 0 aliphatic heterocycles. The van der Waals surface area contributed by atoms with Crippen molar-refractivity contribution in [3.63, 3.8) is 0 Å². The van der Waals surface area contributed by atoms with Gasteiger partial charge in [-0.15, -0.1) is 0 Å². The minimum atomic E-state index is 1.11. The number of fused-ring (bicyclic) bond motifs is 3. The first-order valence-electron chi connectivity index (χ1n) is 19.6. The fraction of sp³-hybridized carbons (Fsp3) is 0. The van der Waals surface area contributed by atoms with Crippen molar-refractivity contribution in [1.82, 2.24) is 0 Å². The fourth-order valence-electron chi connectivity index (χ4n) is 8.30. The molecule has 1 heteroatoms. The second-order valence-electron chi connectivity index (χ2n) is 14.5. The fourth-order valence-corrected chi connectivity index (χ4v) is 8.30. The maximum absolute atomic E-state index is 2.38. The van der Waals surface area contributed by atoms with E-state index in [0.29, 0.717) is 0 Å². The number of nitrogens with zero attached hydrogens (tertiary/aromatic N) is 1. The highest BCUT2D eigenvalue weighted by atomic mass is 15.1. The van der Waals surface area contributed by atoms with Gasteiger partial charge in [-0.3, -0.25) is 0 Å². The highest BCUT2D eigenvalue weighted by molar-refractivity contribution is 6.22. The first kappa shape index (κ1) is 34.0. The van der Waals surface area contributed by atoms with Gasteiger partial charge in [0.1, 0.15) is 0 Å². The van der Waals surface area contributed by atoms with Gasteiger partial charge >= 0.3 is 0 Å². The highest BCUT2D eigenvalue weighted by Crippen LogP contribution is 2.45. The van der Waals surface area contributed by atoms with Crippen LogP contribution in [0.25, 0.3) is 77.2 Å². The molecule has 10 aromatic carbocycles. The minimum absolute atomic E-state index is 1.11. The summed E-state index contributed by atoms with van der Waals surface area (Å²) in [5.74, 6) is 0. The first-order valence-corrected chi connectivity index (χ1v) is 19.6. The number of para-hydroxylation sites is 1. The van der Waals surface area contributed by atoms with Gasteiger partial charge in [0.2, 0.25) is 0 Å². The molecule has 0 bridgehead atoms. The van der Waals surface area contributed by atoms with Gasteiger partial charge in [-0.05, 0) is 120 Å². The maximum atomic E-state index is 2.38. The number of hydrogen-bond donors (Lipinski definition) is 0. The van der Waals surface area contributed by atoms with Crippen LogP contribution in [0.4, 0.5) is 17.1 Å². The van der Waals surface area contributed by atoms with Gasteiger partial charge in [0.25, 0.3) is 0 Å². The lowest BCUT2D eigenvalue weighted by atomic mass is 9.84. The average Bonchev–Trinajstić information content (AvgIpc) is 3.30. The largest absolute Gasteiger partial charge is 0.311 e. The summed E-state index contributed by atoms with van der Waals surface area (Å²) in [6.07, 6.45) is 0. The Kier molecular flexibility index (Phi) is 8.95. The summed E-state index contributed by atoms with van der Waals surface area (Å²) < 4.78 is 0. The van der Waals surface area contributed by atoms with Crippen molar-refractivity contribution in [2.75, 3.05) is 4.90 Å². The second-order valence-corrected chi connectivity index (χ2v) is 14.5. The van der Waals surface area contributed by atoms with E-state index in [0.717, 1.165) is 17.1 Å². The second kappa shape index (κ2) is 15.0. The van der Waals surface area contributed by atoms with Gasteiger partial charge in [0, 0.05) is 17.1 Å². The van der Waals surface area contributed by atoms with Crippen LogP contribution < -0.4 is 4.90 Å². The Morgan fingerprint density at radius 1 is 0.193 bits per heavy atom. The lowest BCUT2D eigenvalue weighted by molar-refractivity contribution is 1.28. The summed E-state index contributed by atoms with van der Waals surface area (Å²) in [5.41, 5.74) is 15.5. The summed E-state index contributed by atoms with van der Waals surface area (Å²) in [6, 6.07) is 85.4. The topological polar surface area (TPSA) is 3.24 Å². The van der Waals surface area contributed by atoms with Gasteiger partial charge in [-0.25, -0.2) is 0 Å². The molecule has 1 nitrogen and oxygen atoms in total. The molecule has 0 fully saturated rings. The van der Waals surface area contributed by atoms with E-state index in [1.54, 1.807) is 0 Å². The molecule has 57 heavy (non-hydrogen) atoms. The molecule has 0 aliphatic carbocycles. The van der Waals surface area contributed by atoms with Crippen LogP contribution in [0.5, 0.6) is 0 Å². The van der Waals surface area contributed by atoms with E-state index in [1.165, 1.54) is 77.2 Å². The van der Waals surface area contributed by atoms with Gasteiger partial charge in [0.05, 0.1) is 0 Å². The Morgan fingerprint density at radius 3 is 1.00 bits per heavy atom. The predicted octanol–water partition coefficient (Wildman–Crippen LogP) is 15.8. The summed E-state index contributed by atoms with van der Waals surface area (Å²) >= 11 is 0. The molecule has 10 aromatic rings. The molecule has 0 N–H and O–H groups in total. The number of anilines is 3.